The van der Waals surface area contributed by atoms with E-state index in [1.54, 1.807) is 24.1 Å². The number of anilines is 1. The van der Waals surface area contributed by atoms with Crippen LogP contribution in [0.2, 0.25) is 5.02 Å². The number of rotatable bonds is 7. The van der Waals surface area contributed by atoms with Crippen LogP contribution >= 0.6 is 34.7 Å². The lowest BCUT2D eigenvalue weighted by Crippen LogP contribution is -2.38. The molecule has 1 saturated heterocycles. The van der Waals surface area contributed by atoms with Gasteiger partial charge in [-0.1, -0.05) is 40.6 Å². The molecule has 0 N–H and O–H groups in total. The molecule has 2 heterocycles. The standard InChI is InChI=1S/C22H23ClN2O3S2/c1-14-5-7-16(8-6-14)29-13-19(26)25(12-15-4-3-11-28-15)22-24-20-18(27-2)10-9-17(23)21(20)30-22/h5-10,15H,3-4,11-13H2,1-2H3. The van der Waals surface area contributed by atoms with Crippen LogP contribution in [0.25, 0.3) is 10.2 Å². The van der Waals surface area contributed by atoms with Crippen LogP contribution in [0.1, 0.15) is 18.4 Å². The number of thiazole rings is 1. The van der Waals surface area contributed by atoms with Crippen molar-refractivity contribution in [1.82, 2.24) is 4.98 Å². The highest BCUT2D eigenvalue weighted by Gasteiger charge is 2.27. The van der Waals surface area contributed by atoms with Crippen LogP contribution < -0.4 is 9.64 Å². The van der Waals surface area contributed by atoms with E-state index >= 15 is 0 Å². The number of halogens is 1. The van der Waals surface area contributed by atoms with E-state index in [1.165, 1.54) is 28.7 Å². The smallest absolute Gasteiger partial charge is 0.239 e. The van der Waals surface area contributed by atoms with E-state index in [1.807, 2.05) is 12.1 Å². The van der Waals surface area contributed by atoms with Crippen molar-refractivity contribution in [3.05, 3.63) is 47.0 Å². The van der Waals surface area contributed by atoms with Crippen molar-refractivity contribution in [1.29, 1.82) is 0 Å². The number of carbonyl (C=O) groups is 1. The molecule has 30 heavy (non-hydrogen) atoms. The Morgan fingerprint density at radius 2 is 2.13 bits per heavy atom. The summed E-state index contributed by atoms with van der Waals surface area (Å²) >= 11 is 9.33. The second kappa shape index (κ2) is 9.56. The van der Waals surface area contributed by atoms with Crippen LogP contribution in [0.15, 0.2) is 41.3 Å². The van der Waals surface area contributed by atoms with E-state index in [0.717, 1.165) is 29.0 Å². The normalized spacial score (nSPS) is 16.2. The van der Waals surface area contributed by atoms with Gasteiger partial charge < -0.3 is 9.47 Å². The third kappa shape index (κ3) is 4.75. The van der Waals surface area contributed by atoms with E-state index in [-0.39, 0.29) is 12.0 Å². The molecule has 1 fully saturated rings. The van der Waals surface area contributed by atoms with E-state index in [4.69, 9.17) is 26.1 Å². The van der Waals surface area contributed by atoms with Gasteiger partial charge in [0.25, 0.3) is 0 Å². The number of aromatic nitrogens is 1. The van der Waals surface area contributed by atoms with Gasteiger partial charge in [0.2, 0.25) is 5.91 Å². The second-order valence-corrected chi connectivity index (χ2v) is 9.60. The lowest BCUT2D eigenvalue weighted by molar-refractivity contribution is -0.116. The van der Waals surface area contributed by atoms with Crippen molar-refractivity contribution in [2.45, 2.75) is 30.8 Å². The van der Waals surface area contributed by atoms with Gasteiger partial charge in [0.15, 0.2) is 5.13 Å². The maximum absolute atomic E-state index is 13.2. The van der Waals surface area contributed by atoms with Crippen molar-refractivity contribution < 1.29 is 14.3 Å². The minimum absolute atomic E-state index is 0.00483. The molecule has 0 bridgehead atoms. The number of hydrogen-bond acceptors (Lipinski definition) is 6. The van der Waals surface area contributed by atoms with Gasteiger partial charge in [-0.2, -0.15) is 0 Å². The second-order valence-electron chi connectivity index (χ2n) is 7.16. The van der Waals surface area contributed by atoms with Gasteiger partial charge in [0.05, 0.1) is 35.2 Å². The monoisotopic (exact) mass is 462 g/mol. The maximum atomic E-state index is 13.2. The van der Waals surface area contributed by atoms with E-state index < -0.39 is 0 Å². The Bertz CT molecular complexity index is 1030. The predicted octanol–water partition coefficient (Wildman–Crippen LogP) is 5.57. The summed E-state index contributed by atoms with van der Waals surface area (Å²) in [7, 11) is 1.61. The summed E-state index contributed by atoms with van der Waals surface area (Å²) in [5.74, 6) is 0.983. The zero-order chi connectivity index (χ0) is 21.1. The lowest BCUT2D eigenvalue weighted by Gasteiger charge is -2.23. The van der Waals surface area contributed by atoms with E-state index in [2.05, 4.69) is 19.1 Å². The fraction of sp³-hybridized carbons (Fsp3) is 0.364. The van der Waals surface area contributed by atoms with Crippen molar-refractivity contribution in [2.24, 2.45) is 0 Å². The average Bonchev–Trinajstić information content (AvgIpc) is 3.42. The van der Waals surface area contributed by atoms with Crippen LogP contribution in [0.5, 0.6) is 5.75 Å². The summed E-state index contributed by atoms with van der Waals surface area (Å²) in [5, 5.41) is 1.23. The first kappa shape index (κ1) is 21.4. The Morgan fingerprint density at radius 3 is 2.83 bits per heavy atom. The van der Waals surface area contributed by atoms with E-state index in [0.29, 0.717) is 33.7 Å². The number of methoxy groups -OCH3 is 1. The summed E-state index contributed by atoms with van der Waals surface area (Å²) in [4.78, 5) is 20.8. The van der Waals surface area contributed by atoms with Crippen molar-refractivity contribution >= 4 is 56.0 Å². The number of ether oxygens (including phenoxy) is 2. The van der Waals surface area contributed by atoms with Gasteiger partial charge >= 0.3 is 0 Å². The first-order valence-electron chi connectivity index (χ1n) is 9.79. The Hall–Kier alpha value is -1.80. The van der Waals surface area contributed by atoms with Crippen molar-refractivity contribution in [3.8, 4) is 5.75 Å². The molecule has 158 valence electrons. The largest absolute Gasteiger partial charge is 0.494 e. The minimum Gasteiger partial charge on any atom is -0.494 e. The predicted molar refractivity (Wildman–Crippen MR) is 124 cm³/mol. The van der Waals surface area contributed by atoms with Gasteiger partial charge in [-0.15, -0.1) is 11.8 Å². The molecule has 1 atom stereocenters. The lowest BCUT2D eigenvalue weighted by atomic mass is 10.2. The Labute approximate surface area is 189 Å². The fourth-order valence-electron chi connectivity index (χ4n) is 3.36. The molecule has 1 aromatic heterocycles. The quantitative estimate of drug-likeness (QED) is 0.429. The van der Waals surface area contributed by atoms with Gasteiger partial charge in [0.1, 0.15) is 11.3 Å². The molecule has 2 aromatic carbocycles. The topological polar surface area (TPSA) is 51.7 Å². The summed E-state index contributed by atoms with van der Waals surface area (Å²) in [5.41, 5.74) is 1.88. The Kier molecular flexibility index (Phi) is 6.83. The van der Waals surface area contributed by atoms with Crippen LogP contribution in [0.3, 0.4) is 0 Å². The van der Waals surface area contributed by atoms with Gasteiger partial charge in [0, 0.05) is 11.5 Å². The highest BCUT2D eigenvalue weighted by molar-refractivity contribution is 8.00. The zero-order valence-corrected chi connectivity index (χ0v) is 19.3. The molecule has 3 aromatic rings. The van der Waals surface area contributed by atoms with Crippen LogP contribution in [-0.4, -0.2) is 43.0 Å². The maximum Gasteiger partial charge on any atom is 0.239 e. The van der Waals surface area contributed by atoms with Gasteiger partial charge in [-0.25, -0.2) is 4.98 Å². The van der Waals surface area contributed by atoms with Crippen molar-refractivity contribution in [2.75, 3.05) is 30.9 Å². The molecule has 0 saturated carbocycles. The van der Waals surface area contributed by atoms with Crippen LogP contribution in [0, 0.1) is 6.92 Å². The third-order valence-electron chi connectivity index (χ3n) is 4.99. The zero-order valence-electron chi connectivity index (χ0n) is 16.9. The van der Waals surface area contributed by atoms with Gasteiger partial charge in [-0.3, -0.25) is 9.69 Å². The van der Waals surface area contributed by atoms with Crippen LogP contribution in [-0.2, 0) is 9.53 Å². The molecule has 1 amide bonds. The molecule has 0 aliphatic carbocycles. The molecular formula is C22H23ClN2O3S2. The molecule has 8 heteroatoms. The first-order valence-corrected chi connectivity index (χ1v) is 12.0. The highest BCUT2D eigenvalue weighted by Crippen LogP contribution is 2.39. The fourth-order valence-corrected chi connectivity index (χ4v) is 5.41. The molecule has 4 rings (SSSR count). The number of benzene rings is 2. The van der Waals surface area contributed by atoms with Crippen molar-refractivity contribution in [3.63, 3.8) is 0 Å². The SMILES string of the molecule is COc1ccc(Cl)c2sc(N(CC3CCCO3)C(=O)CSc3ccc(C)cc3)nc12. The number of nitrogens with zero attached hydrogens (tertiary/aromatic N) is 2. The molecule has 1 aliphatic rings. The molecule has 1 unspecified atom stereocenters. The number of hydrogen-bond donors (Lipinski definition) is 0. The van der Waals surface area contributed by atoms with Crippen LogP contribution in [0.4, 0.5) is 5.13 Å². The van der Waals surface area contributed by atoms with E-state index in [9.17, 15) is 4.79 Å². The summed E-state index contributed by atoms with van der Waals surface area (Å²) in [6.07, 6.45) is 2.00. The summed E-state index contributed by atoms with van der Waals surface area (Å²) in [6, 6.07) is 11.8. The molecule has 5 nitrogen and oxygen atoms in total. The molecule has 0 spiro atoms. The summed E-state index contributed by atoms with van der Waals surface area (Å²) < 4.78 is 12.1. The molecular weight excluding hydrogens is 440 g/mol. The molecule has 0 radical (unpaired) electrons. The number of aryl methyl sites for hydroxylation is 1. The van der Waals surface area contributed by atoms with Gasteiger partial charge in [-0.05, 0) is 44.0 Å². The highest BCUT2D eigenvalue weighted by atomic mass is 35.5. The third-order valence-corrected chi connectivity index (χ3v) is 7.53. The summed E-state index contributed by atoms with van der Waals surface area (Å²) in [6.45, 7) is 3.28. The molecule has 1 aliphatic heterocycles. The first-order chi connectivity index (χ1) is 14.5. The number of amides is 1. The Morgan fingerprint density at radius 1 is 1.33 bits per heavy atom. The number of fused-ring (bicyclic) bond motifs is 1. The minimum atomic E-state index is 0.00483. The number of carbonyl (C=O) groups excluding carboxylic acids is 1. The number of thioether (sulfide) groups is 1. The average molecular weight is 463 g/mol. The Balaban J connectivity index is 1.60.